The van der Waals surface area contributed by atoms with Crippen molar-refractivity contribution < 1.29 is 9.90 Å². The highest BCUT2D eigenvalue weighted by Gasteiger charge is 2.06. The Morgan fingerprint density at radius 3 is 2.50 bits per heavy atom. The van der Waals surface area contributed by atoms with Gasteiger partial charge in [0.15, 0.2) is 0 Å². The number of amides is 2. The van der Waals surface area contributed by atoms with E-state index in [0.717, 1.165) is 23.1 Å². The number of carbonyl (C=O) groups excluding carboxylic acids is 1. The van der Waals surface area contributed by atoms with Crippen molar-refractivity contribution in [3.63, 3.8) is 0 Å². The number of benzene rings is 2. The lowest BCUT2D eigenvalue weighted by Gasteiger charge is -2.10. The van der Waals surface area contributed by atoms with Gasteiger partial charge in [0.1, 0.15) is 0 Å². The van der Waals surface area contributed by atoms with E-state index >= 15 is 0 Å². The van der Waals surface area contributed by atoms with Crippen LogP contribution in [0.15, 0.2) is 42.5 Å². The molecule has 0 atom stereocenters. The van der Waals surface area contributed by atoms with Gasteiger partial charge in [-0.1, -0.05) is 48.0 Å². The topological polar surface area (TPSA) is 61.4 Å². The third-order valence-corrected chi connectivity index (χ3v) is 3.85. The number of hydrogen-bond donors (Lipinski definition) is 3. The highest BCUT2D eigenvalue weighted by Crippen LogP contribution is 2.24. The van der Waals surface area contributed by atoms with Crippen molar-refractivity contribution in [1.29, 1.82) is 0 Å². The largest absolute Gasteiger partial charge is 0.392 e. The monoisotopic (exact) mass is 318 g/mol. The minimum absolute atomic E-state index is 0.0399. The van der Waals surface area contributed by atoms with Crippen molar-refractivity contribution in [3.05, 3.63) is 64.2 Å². The molecule has 0 saturated carbocycles. The minimum Gasteiger partial charge on any atom is -0.392 e. The van der Waals surface area contributed by atoms with E-state index in [0.29, 0.717) is 17.3 Å². The number of anilines is 1. The fraction of sp³-hybridized carbons (Fsp3) is 0.235. The van der Waals surface area contributed by atoms with Crippen LogP contribution in [-0.4, -0.2) is 17.7 Å². The van der Waals surface area contributed by atoms with Crippen LogP contribution in [0.4, 0.5) is 10.5 Å². The van der Waals surface area contributed by atoms with Crippen LogP contribution < -0.4 is 10.6 Å². The summed E-state index contributed by atoms with van der Waals surface area (Å²) in [7, 11) is 0. The highest BCUT2D eigenvalue weighted by atomic mass is 35.5. The minimum atomic E-state index is -0.278. The molecule has 0 aromatic heterocycles. The van der Waals surface area contributed by atoms with Crippen LogP contribution >= 0.6 is 11.6 Å². The van der Waals surface area contributed by atoms with Crippen molar-refractivity contribution in [2.75, 3.05) is 11.9 Å². The number of urea groups is 1. The molecule has 4 nitrogen and oxygen atoms in total. The van der Waals surface area contributed by atoms with Crippen LogP contribution in [0.5, 0.6) is 0 Å². The van der Waals surface area contributed by atoms with E-state index in [2.05, 4.69) is 10.6 Å². The molecule has 0 spiro atoms. The number of aliphatic hydroxyl groups is 1. The van der Waals surface area contributed by atoms with E-state index in [4.69, 9.17) is 16.7 Å². The van der Waals surface area contributed by atoms with E-state index in [9.17, 15) is 4.79 Å². The maximum Gasteiger partial charge on any atom is 0.319 e. The summed E-state index contributed by atoms with van der Waals surface area (Å²) in [5.74, 6) is 0. The van der Waals surface area contributed by atoms with Crippen molar-refractivity contribution in [2.24, 2.45) is 0 Å². The maximum atomic E-state index is 11.9. The van der Waals surface area contributed by atoms with E-state index < -0.39 is 0 Å². The van der Waals surface area contributed by atoms with E-state index in [-0.39, 0.29) is 12.6 Å². The zero-order valence-electron chi connectivity index (χ0n) is 12.4. The standard InChI is InChI=1S/C17H19ClN2O2/c1-12-3-2-4-15(16(12)18)20-17(22)19-10-9-13-5-7-14(11-21)8-6-13/h2-8,21H,9-11H2,1H3,(H2,19,20,22). The number of halogens is 1. The highest BCUT2D eigenvalue weighted by molar-refractivity contribution is 6.34. The molecule has 22 heavy (non-hydrogen) atoms. The van der Waals surface area contributed by atoms with Gasteiger partial charge in [-0.15, -0.1) is 0 Å². The number of carbonyl (C=O) groups is 1. The van der Waals surface area contributed by atoms with E-state index in [1.807, 2.05) is 43.3 Å². The Hall–Kier alpha value is -2.04. The van der Waals surface area contributed by atoms with Gasteiger partial charge in [0, 0.05) is 6.54 Å². The SMILES string of the molecule is Cc1cccc(NC(=O)NCCc2ccc(CO)cc2)c1Cl. The van der Waals surface area contributed by atoms with Crippen LogP contribution in [-0.2, 0) is 13.0 Å². The number of aryl methyl sites for hydroxylation is 1. The molecule has 2 aromatic rings. The Kier molecular flexibility index (Phi) is 5.81. The summed E-state index contributed by atoms with van der Waals surface area (Å²) in [5, 5.41) is 15.1. The second-order valence-corrected chi connectivity index (χ2v) is 5.42. The van der Waals surface area contributed by atoms with Gasteiger partial charge in [-0.05, 0) is 36.1 Å². The third kappa shape index (κ3) is 4.48. The molecule has 2 aromatic carbocycles. The Morgan fingerprint density at radius 1 is 1.14 bits per heavy atom. The molecule has 0 aliphatic carbocycles. The molecule has 5 heteroatoms. The van der Waals surface area contributed by atoms with Crippen molar-refractivity contribution in [1.82, 2.24) is 5.32 Å². The quantitative estimate of drug-likeness (QED) is 0.790. The summed E-state index contributed by atoms with van der Waals surface area (Å²) in [6, 6.07) is 12.9. The van der Waals surface area contributed by atoms with E-state index in [1.165, 1.54) is 0 Å². The molecule has 0 fully saturated rings. The molecular formula is C17H19ClN2O2. The summed E-state index contributed by atoms with van der Waals surface area (Å²) in [6.07, 6.45) is 0.723. The second-order valence-electron chi connectivity index (χ2n) is 5.04. The fourth-order valence-electron chi connectivity index (χ4n) is 2.04. The van der Waals surface area contributed by atoms with Crippen LogP contribution in [0.2, 0.25) is 5.02 Å². The molecule has 0 unspecified atom stereocenters. The van der Waals surface area contributed by atoms with Gasteiger partial charge in [-0.25, -0.2) is 4.79 Å². The lowest BCUT2D eigenvalue weighted by atomic mass is 10.1. The van der Waals surface area contributed by atoms with E-state index in [1.54, 1.807) is 6.07 Å². The lowest BCUT2D eigenvalue weighted by molar-refractivity contribution is 0.252. The Balaban J connectivity index is 1.81. The van der Waals surface area contributed by atoms with Crippen molar-refractivity contribution in [2.45, 2.75) is 20.0 Å². The lowest BCUT2D eigenvalue weighted by Crippen LogP contribution is -2.30. The molecule has 0 bridgehead atoms. The first-order valence-corrected chi connectivity index (χ1v) is 7.46. The Morgan fingerprint density at radius 2 is 1.82 bits per heavy atom. The molecule has 0 heterocycles. The van der Waals surface area contributed by atoms with Crippen LogP contribution in [0.1, 0.15) is 16.7 Å². The number of rotatable bonds is 5. The number of aliphatic hydroxyl groups excluding tert-OH is 1. The first-order chi connectivity index (χ1) is 10.6. The Bertz CT molecular complexity index is 642. The predicted octanol–water partition coefficient (Wildman–Crippen LogP) is 3.50. The first-order valence-electron chi connectivity index (χ1n) is 7.09. The number of nitrogens with one attached hydrogen (secondary N) is 2. The van der Waals surface area contributed by atoms with Gasteiger partial charge in [-0.2, -0.15) is 0 Å². The fourth-order valence-corrected chi connectivity index (χ4v) is 2.22. The Labute approximate surface area is 135 Å². The summed E-state index contributed by atoms with van der Waals surface area (Å²) in [5.41, 5.74) is 3.50. The molecule has 0 radical (unpaired) electrons. The summed E-state index contributed by atoms with van der Waals surface area (Å²) in [4.78, 5) is 11.9. The zero-order chi connectivity index (χ0) is 15.9. The maximum absolute atomic E-state index is 11.9. The molecule has 3 N–H and O–H groups in total. The van der Waals surface area contributed by atoms with Crippen molar-refractivity contribution in [3.8, 4) is 0 Å². The molecular weight excluding hydrogens is 300 g/mol. The summed E-state index contributed by atoms with van der Waals surface area (Å²) >= 11 is 6.13. The summed E-state index contributed by atoms with van der Waals surface area (Å²) < 4.78 is 0. The predicted molar refractivity (Wildman–Crippen MR) is 89.3 cm³/mol. The average Bonchev–Trinajstić information content (AvgIpc) is 2.52. The van der Waals surface area contributed by atoms with Gasteiger partial charge in [0.05, 0.1) is 17.3 Å². The third-order valence-electron chi connectivity index (χ3n) is 3.34. The van der Waals surface area contributed by atoms with Gasteiger partial charge < -0.3 is 15.7 Å². The molecule has 2 rings (SSSR count). The summed E-state index contributed by atoms with van der Waals surface area (Å²) in [6.45, 7) is 2.45. The van der Waals surface area contributed by atoms with Gasteiger partial charge in [-0.3, -0.25) is 0 Å². The number of hydrogen-bond acceptors (Lipinski definition) is 2. The van der Waals surface area contributed by atoms with Crippen LogP contribution in [0.25, 0.3) is 0 Å². The average molecular weight is 319 g/mol. The molecule has 2 amide bonds. The zero-order valence-corrected chi connectivity index (χ0v) is 13.2. The molecule has 0 aliphatic heterocycles. The normalized spacial score (nSPS) is 10.3. The molecule has 0 aliphatic rings. The van der Waals surface area contributed by atoms with Crippen LogP contribution in [0.3, 0.4) is 0 Å². The van der Waals surface area contributed by atoms with Gasteiger partial charge >= 0.3 is 6.03 Å². The van der Waals surface area contributed by atoms with Gasteiger partial charge in [0.25, 0.3) is 0 Å². The molecule has 116 valence electrons. The van der Waals surface area contributed by atoms with Crippen LogP contribution in [0, 0.1) is 6.92 Å². The smallest absolute Gasteiger partial charge is 0.319 e. The molecule has 0 saturated heterocycles. The second kappa shape index (κ2) is 7.82. The van der Waals surface area contributed by atoms with Gasteiger partial charge in [0.2, 0.25) is 0 Å². The van der Waals surface area contributed by atoms with Crippen molar-refractivity contribution >= 4 is 23.3 Å². The first kappa shape index (κ1) is 16.3.